The van der Waals surface area contributed by atoms with Crippen LogP contribution in [0.25, 0.3) is 0 Å². The Bertz CT molecular complexity index is 271. The minimum Gasteiger partial charge on any atom is -0.0876 e. The van der Waals surface area contributed by atoms with E-state index in [1.807, 2.05) is 19.1 Å². The Labute approximate surface area is 88.2 Å². The monoisotopic (exact) mass is 296 g/mol. The molecule has 0 N–H and O–H groups in total. The highest BCUT2D eigenvalue weighted by molar-refractivity contribution is 9.10. The summed E-state index contributed by atoms with van der Waals surface area (Å²) >= 11 is 12.8. The molecule has 1 aromatic carbocycles. The summed E-state index contributed by atoms with van der Waals surface area (Å²) in [6, 6.07) is 3.99. The second-order valence-corrected chi connectivity index (χ2v) is 4.15. The predicted octanol–water partition coefficient (Wildman–Crippen LogP) is 4.31. The van der Waals surface area contributed by atoms with Crippen molar-refractivity contribution in [2.45, 2.75) is 12.3 Å². The van der Waals surface area contributed by atoms with Gasteiger partial charge in [0.25, 0.3) is 0 Å². The maximum absolute atomic E-state index is 5.92. The number of hydrogen-bond acceptors (Lipinski definition) is 0. The first-order valence-corrected chi connectivity index (χ1v) is 5.45. The lowest BCUT2D eigenvalue weighted by Gasteiger charge is -2.03. The summed E-state index contributed by atoms with van der Waals surface area (Å²) in [7, 11) is 0. The molecule has 0 aliphatic carbocycles. The molecule has 0 bridgehead atoms. The number of hydrogen-bond donors (Lipinski definition) is 0. The third kappa shape index (κ3) is 2.20. The van der Waals surface area contributed by atoms with Crippen LogP contribution in [0.15, 0.2) is 16.6 Å². The molecule has 0 aliphatic heterocycles. The van der Waals surface area contributed by atoms with E-state index in [-0.39, 0.29) is 0 Å². The van der Waals surface area contributed by atoms with Crippen molar-refractivity contribution in [1.82, 2.24) is 0 Å². The molecule has 0 saturated carbocycles. The molecule has 0 fully saturated rings. The van der Waals surface area contributed by atoms with E-state index < -0.39 is 0 Å². The van der Waals surface area contributed by atoms with E-state index in [4.69, 9.17) is 11.6 Å². The van der Waals surface area contributed by atoms with Gasteiger partial charge >= 0.3 is 0 Å². The molecule has 0 unspecified atom stereocenters. The van der Waals surface area contributed by atoms with E-state index in [2.05, 4.69) is 31.9 Å². The van der Waals surface area contributed by atoms with Gasteiger partial charge in [-0.3, -0.25) is 0 Å². The number of rotatable bonds is 1. The molecule has 11 heavy (non-hydrogen) atoms. The van der Waals surface area contributed by atoms with Crippen LogP contribution in [0.1, 0.15) is 11.1 Å². The summed E-state index contributed by atoms with van der Waals surface area (Å²) in [4.78, 5) is 0. The van der Waals surface area contributed by atoms with Crippen LogP contribution in [0.2, 0.25) is 5.02 Å². The molecule has 0 saturated heterocycles. The fourth-order valence-corrected chi connectivity index (χ4v) is 2.41. The second-order valence-electron chi connectivity index (χ2n) is 2.33. The summed E-state index contributed by atoms with van der Waals surface area (Å²) in [5.41, 5.74) is 2.28. The highest BCUT2D eigenvalue weighted by Crippen LogP contribution is 2.26. The van der Waals surface area contributed by atoms with Gasteiger partial charge in [0.1, 0.15) is 0 Å². The summed E-state index contributed by atoms with van der Waals surface area (Å²) in [6.45, 7) is 1.99. The van der Waals surface area contributed by atoms with Gasteiger partial charge in [-0.1, -0.05) is 43.5 Å². The third-order valence-electron chi connectivity index (χ3n) is 1.47. The lowest BCUT2D eigenvalue weighted by atomic mass is 10.2. The maximum atomic E-state index is 5.92. The van der Waals surface area contributed by atoms with Crippen LogP contribution in [0, 0.1) is 6.92 Å². The van der Waals surface area contributed by atoms with Gasteiger partial charge in [-0.2, -0.15) is 0 Å². The van der Waals surface area contributed by atoms with Crippen molar-refractivity contribution < 1.29 is 0 Å². The average molecular weight is 298 g/mol. The van der Waals surface area contributed by atoms with Crippen LogP contribution in [-0.4, -0.2) is 0 Å². The Hall–Kier alpha value is 0.470. The number of aryl methyl sites for hydroxylation is 1. The largest absolute Gasteiger partial charge is 0.0876 e. The van der Waals surface area contributed by atoms with Crippen molar-refractivity contribution >= 4 is 43.5 Å². The smallest absolute Gasteiger partial charge is 0.0439 e. The van der Waals surface area contributed by atoms with E-state index in [9.17, 15) is 0 Å². The van der Waals surface area contributed by atoms with E-state index >= 15 is 0 Å². The molecule has 0 amide bonds. The number of alkyl halides is 1. The van der Waals surface area contributed by atoms with Crippen LogP contribution in [-0.2, 0) is 5.33 Å². The lowest BCUT2D eigenvalue weighted by Crippen LogP contribution is -1.83. The standard InChI is InChI=1S/C8H7Br2Cl/c1-5-2-7(10)6(4-9)3-8(5)11/h2-3H,4H2,1H3. The molecule has 0 heterocycles. The molecule has 0 aromatic heterocycles. The van der Waals surface area contributed by atoms with Crippen molar-refractivity contribution in [2.75, 3.05) is 0 Å². The number of benzene rings is 1. The molecule has 0 spiro atoms. The van der Waals surface area contributed by atoms with Gasteiger partial charge in [-0.05, 0) is 30.2 Å². The summed E-state index contributed by atoms with van der Waals surface area (Å²) in [5.74, 6) is 0. The van der Waals surface area contributed by atoms with Crippen molar-refractivity contribution in [1.29, 1.82) is 0 Å². The zero-order chi connectivity index (χ0) is 8.43. The van der Waals surface area contributed by atoms with E-state index in [0.717, 1.165) is 20.4 Å². The van der Waals surface area contributed by atoms with Gasteiger partial charge in [-0.15, -0.1) is 0 Å². The average Bonchev–Trinajstić information content (AvgIpc) is 1.97. The first-order valence-electron chi connectivity index (χ1n) is 3.15. The minimum atomic E-state index is 0.822. The molecular formula is C8H7Br2Cl. The molecule has 3 heteroatoms. The third-order valence-corrected chi connectivity index (χ3v) is 3.22. The molecule has 1 rings (SSSR count). The Balaban J connectivity index is 3.21. The van der Waals surface area contributed by atoms with Crippen LogP contribution in [0.5, 0.6) is 0 Å². The molecular weight excluding hydrogens is 291 g/mol. The lowest BCUT2D eigenvalue weighted by molar-refractivity contribution is 1.35. The highest BCUT2D eigenvalue weighted by Gasteiger charge is 2.01. The first-order chi connectivity index (χ1) is 5.15. The maximum Gasteiger partial charge on any atom is 0.0439 e. The highest BCUT2D eigenvalue weighted by atomic mass is 79.9. The molecule has 0 atom stereocenters. The molecule has 0 nitrogen and oxygen atoms in total. The SMILES string of the molecule is Cc1cc(Br)c(CBr)cc1Cl. The molecule has 0 radical (unpaired) electrons. The van der Waals surface area contributed by atoms with Crippen molar-refractivity contribution in [3.8, 4) is 0 Å². The van der Waals surface area contributed by atoms with E-state index in [1.54, 1.807) is 0 Å². The summed E-state index contributed by atoms with van der Waals surface area (Å²) in [5, 5.41) is 1.65. The Kier molecular flexibility index (Phi) is 3.41. The van der Waals surface area contributed by atoms with Crippen molar-refractivity contribution in [2.24, 2.45) is 0 Å². The summed E-state index contributed by atoms with van der Waals surface area (Å²) in [6.07, 6.45) is 0. The van der Waals surface area contributed by atoms with Crippen LogP contribution < -0.4 is 0 Å². The normalized spacial score (nSPS) is 10.2. The zero-order valence-electron chi connectivity index (χ0n) is 6.00. The van der Waals surface area contributed by atoms with E-state index in [0.29, 0.717) is 0 Å². The summed E-state index contributed by atoms with van der Waals surface area (Å²) < 4.78 is 1.11. The molecule has 60 valence electrons. The molecule has 1 aromatic rings. The van der Waals surface area contributed by atoms with Crippen LogP contribution in [0.3, 0.4) is 0 Å². The molecule has 0 aliphatic rings. The van der Waals surface area contributed by atoms with Crippen LogP contribution in [0.4, 0.5) is 0 Å². The van der Waals surface area contributed by atoms with Gasteiger partial charge in [0.15, 0.2) is 0 Å². The minimum absolute atomic E-state index is 0.822. The zero-order valence-corrected chi connectivity index (χ0v) is 9.92. The second kappa shape index (κ2) is 3.92. The van der Waals surface area contributed by atoms with Gasteiger partial charge in [0, 0.05) is 14.8 Å². The quantitative estimate of drug-likeness (QED) is 0.678. The van der Waals surface area contributed by atoms with Gasteiger partial charge in [0.2, 0.25) is 0 Å². The first kappa shape index (κ1) is 9.56. The van der Waals surface area contributed by atoms with Crippen molar-refractivity contribution in [3.05, 3.63) is 32.8 Å². The van der Waals surface area contributed by atoms with E-state index in [1.165, 1.54) is 5.56 Å². The van der Waals surface area contributed by atoms with Gasteiger partial charge in [-0.25, -0.2) is 0 Å². The van der Waals surface area contributed by atoms with Gasteiger partial charge in [0.05, 0.1) is 0 Å². The Morgan fingerprint density at radius 3 is 2.64 bits per heavy atom. The number of halogens is 3. The predicted molar refractivity (Wildman–Crippen MR) is 56.5 cm³/mol. The van der Waals surface area contributed by atoms with Gasteiger partial charge < -0.3 is 0 Å². The van der Waals surface area contributed by atoms with Crippen molar-refractivity contribution in [3.63, 3.8) is 0 Å². The van der Waals surface area contributed by atoms with Crippen LogP contribution >= 0.6 is 43.5 Å². The topological polar surface area (TPSA) is 0 Å². The fraction of sp³-hybridized carbons (Fsp3) is 0.250. The Morgan fingerprint density at radius 2 is 2.09 bits per heavy atom. The Morgan fingerprint density at radius 1 is 1.45 bits per heavy atom. The fourth-order valence-electron chi connectivity index (χ4n) is 0.790.